The summed E-state index contributed by atoms with van der Waals surface area (Å²) in [5, 5.41) is 32.9. The number of hydrogen-bond acceptors (Lipinski definition) is 4. The van der Waals surface area contributed by atoms with Crippen molar-refractivity contribution in [2.75, 3.05) is 0 Å². The molecular formula is C28H46O4. The van der Waals surface area contributed by atoms with Gasteiger partial charge in [-0.05, 0) is 79.4 Å². The number of aliphatic hydroxyl groups excluding tert-OH is 2. The van der Waals surface area contributed by atoms with E-state index in [4.69, 9.17) is 0 Å². The van der Waals surface area contributed by atoms with Crippen LogP contribution >= 0.6 is 0 Å². The molecule has 0 aromatic heterocycles. The fourth-order valence-corrected chi connectivity index (χ4v) is 8.97. The van der Waals surface area contributed by atoms with Gasteiger partial charge in [0.2, 0.25) is 0 Å². The molecule has 4 aliphatic rings. The van der Waals surface area contributed by atoms with Crippen molar-refractivity contribution in [2.24, 2.45) is 46.3 Å². The second kappa shape index (κ2) is 8.20. The fourth-order valence-electron chi connectivity index (χ4n) is 8.97. The van der Waals surface area contributed by atoms with Crippen LogP contribution in [0.2, 0.25) is 0 Å². The average Bonchev–Trinajstić information content (AvgIpc) is 3.06. The van der Waals surface area contributed by atoms with E-state index in [1.165, 1.54) is 18.4 Å². The van der Waals surface area contributed by atoms with E-state index in [1.54, 1.807) is 0 Å². The van der Waals surface area contributed by atoms with Gasteiger partial charge in [-0.2, -0.15) is 0 Å². The molecule has 0 aromatic rings. The van der Waals surface area contributed by atoms with Gasteiger partial charge in [0.05, 0.1) is 12.2 Å². The third-order valence-electron chi connectivity index (χ3n) is 11.2. The average molecular weight is 447 g/mol. The lowest BCUT2D eigenvalue weighted by atomic mass is 9.42. The lowest BCUT2D eigenvalue weighted by Gasteiger charge is -2.64. The smallest absolute Gasteiger partial charge is 0.165 e. The van der Waals surface area contributed by atoms with Crippen molar-refractivity contribution in [2.45, 2.75) is 110 Å². The molecule has 0 spiro atoms. The molecule has 4 fully saturated rings. The van der Waals surface area contributed by atoms with E-state index < -0.39 is 23.2 Å². The van der Waals surface area contributed by atoms with Gasteiger partial charge >= 0.3 is 0 Å². The van der Waals surface area contributed by atoms with E-state index in [0.29, 0.717) is 30.1 Å². The minimum absolute atomic E-state index is 0.0734. The predicted octanol–water partition coefficient (Wildman–Crippen LogP) is 4.90. The number of allylic oxidation sites excluding steroid dienone is 1. The maximum atomic E-state index is 13.4. The van der Waals surface area contributed by atoms with Gasteiger partial charge in [-0.15, -0.1) is 0 Å². The molecule has 3 N–H and O–H groups in total. The summed E-state index contributed by atoms with van der Waals surface area (Å²) >= 11 is 0. The molecule has 4 saturated carbocycles. The van der Waals surface area contributed by atoms with Crippen LogP contribution in [0, 0.1) is 46.3 Å². The highest BCUT2D eigenvalue weighted by molar-refractivity contribution is 5.90. The van der Waals surface area contributed by atoms with E-state index in [-0.39, 0.29) is 35.9 Å². The third kappa shape index (κ3) is 3.38. The Bertz CT molecular complexity index is 761. The zero-order chi connectivity index (χ0) is 23.6. The Morgan fingerprint density at radius 1 is 1.12 bits per heavy atom. The molecule has 0 aromatic carbocycles. The van der Waals surface area contributed by atoms with Crippen molar-refractivity contribution in [1.82, 2.24) is 0 Å². The molecule has 0 amide bonds. The van der Waals surface area contributed by atoms with Crippen molar-refractivity contribution in [3.05, 3.63) is 12.2 Å². The largest absolute Gasteiger partial charge is 0.393 e. The van der Waals surface area contributed by atoms with E-state index in [2.05, 4.69) is 34.3 Å². The Morgan fingerprint density at radius 3 is 2.47 bits per heavy atom. The molecule has 0 bridgehead atoms. The van der Waals surface area contributed by atoms with Crippen LogP contribution in [-0.4, -0.2) is 38.9 Å². The van der Waals surface area contributed by atoms with Gasteiger partial charge in [-0.25, -0.2) is 0 Å². The third-order valence-corrected chi connectivity index (χ3v) is 11.2. The molecule has 10 atom stereocenters. The van der Waals surface area contributed by atoms with Crippen LogP contribution in [0.4, 0.5) is 0 Å². The van der Waals surface area contributed by atoms with Crippen LogP contribution in [0.5, 0.6) is 0 Å². The Kier molecular flexibility index (Phi) is 6.26. The molecule has 182 valence electrons. The normalized spacial score (nSPS) is 49.3. The van der Waals surface area contributed by atoms with Gasteiger partial charge < -0.3 is 15.3 Å². The van der Waals surface area contributed by atoms with E-state index in [1.807, 2.05) is 6.92 Å². The van der Waals surface area contributed by atoms with Gasteiger partial charge in [-0.1, -0.05) is 46.8 Å². The van der Waals surface area contributed by atoms with Crippen LogP contribution in [0.1, 0.15) is 92.4 Å². The van der Waals surface area contributed by atoms with Gasteiger partial charge in [-0.3, -0.25) is 4.79 Å². The fraction of sp³-hybridized carbons (Fsp3) is 0.893. The zero-order valence-corrected chi connectivity index (χ0v) is 20.9. The summed E-state index contributed by atoms with van der Waals surface area (Å²) in [4.78, 5) is 13.4. The first kappa shape index (κ1) is 24.4. The Hall–Kier alpha value is -0.710. The summed E-state index contributed by atoms with van der Waals surface area (Å²) in [6, 6.07) is 0. The topological polar surface area (TPSA) is 77.8 Å². The van der Waals surface area contributed by atoms with Crippen molar-refractivity contribution in [1.29, 1.82) is 0 Å². The van der Waals surface area contributed by atoms with Crippen LogP contribution in [0.15, 0.2) is 12.2 Å². The highest BCUT2D eigenvalue weighted by atomic mass is 16.3. The quantitative estimate of drug-likeness (QED) is 0.525. The van der Waals surface area contributed by atoms with Gasteiger partial charge in [0.25, 0.3) is 0 Å². The van der Waals surface area contributed by atoms with E-state index in [9.17, 15) is 20.1 Å². The first-order valence-electron chi connectivity index (χ1n) is 13.2. The minimum Gasteiger partial charge on any atom is -0.393 e. The summed E-state index contributed by atoms with van der Waals surface area (Å²) in [5.74, 6) is 2.55. The van der Waals surface area contributed by atoms with Gasteiger partial charge in [0.15, 0.2) is 5.78 Å². The second-order valence-corrected chi connectivity index (χ2v) is 12.8. The summed E-state index contributed by atoms with van der Waals surface area (Å²) in [7, 11) is 0. The summed E-state index contributed by atoms with van der Waals surface area (Å²) in [6.45, 7) is 15.5. The number of ketones is 1. The van der Waals surface area contributed by atoms with Crippen molar-refractivity contribution >= 4 is 5.78 Å². The minimum atomic E-state index is -1.60. The first-order chi connectivity index (χ1) is 14.9. The Balaban J connectivity index is 1.57. The van der Waals surface area contributed by atoms with E-state index in [0.717, 1.165) is 25.7 Å². The molecule has 4 rings (SSSR count). The number of aliphatic hydroxyl groups is 3. The second-order valence-electron chi connectivity index (χ2n) is 12.8. The molecule has 4 aliphatic carbocycles. The number of rotatable bonds is 5. The van der Waals surface area contributed by atoms with Crippen LogP contribution in [0.25, 0.3) is 0 Å². The number of hydrogen-bond donors (Lipinski definition) is 3. The lowest BCUT2D eigenvalue weighted by Crippen LogP contribution is -2.71. The number of carbonyl (C=O) groups excluding carboxylic acids is 1. The first-order valence-corrected chi connectivity index (χ1v) is 13.2. The van der Waals surface area contributed by atoms with Gasteiger partial charge in [0.1, 0.15) is 5.60 Å². The molecular weight excluding hydrogens is 400 g/mol. The highest BCUT2D eigenvalue weighted by Gasteiger charge is 2.70. The molecule has 0 saturated heterocycles. The molecule has 0 heterocycles. The Morgan fingerprint density at radius 2 is 1.81 bits per heavy atom. The molecule has 32 heavy (non-hydrogen) atoms. The standard InChI is InChI=1S/C28H46O4/c1-16(2)17(3)7-8-18(4)21-9-10-22-20-14-25(31)28(32)15-19(29)13-24(30)27(28,6)23(20)11-12-26(21,22)5/h16,18-24,29-30,32H,3,7-15H2,1-2,4-6H3/t18?,19-,20-,21?,22?,23?,24?,26+,27-,28+/m0/s1. The Labute approximate surface area is 194 Å². The van der Waals surface area contributed by atoms with Crippen LogP contribution in [0.3, 0.4) is 0 Å². The molecule has 5 unspecified atom stereocenters. The summed E-state index contributed by atoms with van der Waals surface area (Å²) < 4.78 is 0. The monoisotopic (exact) mass is 446 g/mol. The lowest BCUT2D eigenvalue weighted by molar-refractivity contribution is -0.245. The summed E-state index contributed by atoms with van der Waals surface area (Å²) in [6.07, 6.45) is 5.81. The summed E-state index contributed by atoms with van der Waals surface area (Å²) in [5.41, 5.74) is -0.877. The molecule has 0 radical (unpaired) electrons. The molecule has 4 heteroatoms. The number of Topliss-reactive ketones (excluding diaryl/α,β-unsaturated/α-hetero) is 1. The van der Waals surface area contributed by atoms with E-state index >= 15 is 0 Å². The maximum Gasteiger partial charge on any atom is 0.165 e. The van der Waals surface area contributed by atoms with Crippen LogP contribution < -0.4 is 0 Å². The highest BCUT2D eigenvalue weighted by Crippen LogP contribution is 2.68. The van der Waals surface area contributed by atoms with Crippen LogP contribution in [-0.2, 0) is 4.79 Å². The number of carbonyl (C=O) groups is 1. The molecule has 4 nitrogen and oxygen atoms in total. The van der Waals surface area contributed by atoms with Crippen molar-refractivity contribution in [3.8, 4) is 0 Å². The maximum absolute atomic E-state index is 13.4. The molecule has 0 aliphatic heterocycles. The van der Waals surface area contributed by atoms with Crippen molar-refractivity contribution in [3.63, 3.8) is 0 Å². The van der Waals surface area contributed by atoms with Crippen molar-refractivity contribution < 1.29 is 20.1 Å². The zero-order valence-electron chi connectivity index (χ0n) is 20.9. The number of fused-ring (bicyclic) bond motifs is 5. The predicted molar refractivity (Wildman–Crippen MR) is 127 cm³/mol. The van der Waals surface area contributed by atoms with Gasteiger partial charge in [0, 0.05) is 24.7 Å². The SMILES string of the molecule is C=C(CCC(C)C1CCC2[C@@H]3CC(=O)[C@]4(O)C[C@@H](O)CC(O)[C@]4(C)C3CC[C@]12C)C(C)C.